The summed E-state index contributed by atoms with van der Waals surface area (Å²) in [6.45, 7) is 4.26. The van der Waals surface area contributed by atoms with Crippen LogP contribution in [-0.2, 0) is 4.79 Å². The fourth-order valence-electron chi connectivity index (χ4n) is 1.14. The molecule has 0 aromatic carbocycles. The maximum Gasteiger partial charge on any atom is 0.320 e. The summed E-state index contributed by atoms with van der Waals surface area (Å²) in [5, 5.41) is 21.0. The van der Waals surface area contributed by atoms with Crippen LogP contribution in [0.25, 0.3) is 0 Å². The highest BCUT2D eigenvalue weighted by atomic mass is 16.4. The molecule has 0 saturated carbocycles. The number of carbonyl (C=O) groups is 1. The standard InChI is InChI=1S/C10H21NO3/c1-3-5-6-9(10(13)14)11-7-8(12)4-2/h8-9,11-12H,3-7H2,1-2H3,(H,13,14). The van der Waals surface area contributed by atoms with E-state index < -0.39 is 18.1 Å². The van der Waals surface area contributed by atoms with E-state index in [1.165, 1.54) is 0 Å². The zero-order chi connectivity index (χ0) is 11.0. The zero-order valence-electron chi connectivity index (χ0n) is 8.99. The van der Waals surface area contributed by atoms with Crippen molar-refractivity contribution in [1.82, 2.24) is 5.32 Å². The summed E-state index contributed by atoms with van der Waals surface area (Å²) < 4.78 is 0. The third-order valence-corrected chi connectivity index (χ3v) is 2.22. The lowest BCUT2D eigenvalue weighted by molar-refractivity contribution is -0.139. The summed E-state index contributed by atoms with van der Waals surface area (Å²) in [6, 6.07) is -0.517. The highest BCUT2D eigenvalue weighted by molar-refractivity contribution is 5.73. The van der Waals surface area contributed by atoms with Crippen molar-refractivity contribution in [2.24, 2.45) is 0 Å². The average molecular weight is 203 g/mol. The number of aliphatic hydroxyl groups is 1. The number of carboxylic acid groups (broad SMARTS) is 1. The Morgan fingerprint density at radius 3 is 2.50 bits per heavy atom. The molecule has 0 spiro atoms. The molecule has 0 rings (SSSR count). The monoisotopic (exact) mass is 203 g/mol. The van der Waals surface area contributed by atoms with Gasteiger partial charge in [0.15, 0.2) is 0 Å². The first kappa shape index (κ1) is 13.4. The normalized spacial score (nSPS) is 15.1. The summed E-state index contributed by atoms with van der Waals surface area (Å²) in [5.74, 6) is -0.832. The number of aliphatic hydroxyl groups excluding tert-OH is 1. The molecule has 84 valence electrons. The SMILES string of the molecule is CCCCC(NCC(O)CC)C(=O)O. The smallest absolute Gasteiger partial charge is 0.320 e. The van der Waals surface area contributed by atoms with Gasteiger partial charge in [-0.05, 0) is 12.8 Å². The molecule has 0 amide bonds. The van der Waals surface area contributed by atoms with Crippen molar-refractivity contribution in [1.29, 1.82) is 0 Å². The van der Waals surface area contributed by atoms with Gasteiger partial charge in [-0.1, -0.05) is 26.7 Å². The summed E-state index contributed by atoms with van der Waals surface area (Å²) in [4.78, 5) is 10.8. The first-order valence-corrected chi connectivity index (χ1v) is 5.26. The van der Waals surface area contributed by atoms with E-state index in [1.807, 2.05) is 13.8 Å². The Bertz CT molecular complexity index is 161. The van der Waals surface area contributed by atoms with Gasteiger partial charge >= 0.3 is 5.97 Å². The van der Waals surface area contributed by atoms with Crippen LogP contribution in [0, 0.1) is 0 Å². The van der Waals surface area contributed by atoms with Crippen LogP contribution < -0.4 is 5.32 Å². The van der Waals surface area contributed by atoms with Crippen molar-refractivity contribution < 1.29 is 15.0 Å². The second kappa shape index (κ2) is 7.76. The molecular formula is C10H21NO3. The summed E-state index contributed by atoms with van der Waals surface area (Å²) in [6.07, 6.45) is 2.71. The van der Waals surface area contributed by atoms with Crippen molar-refractivity contribution in [3.63, 3.8) is 0 Å². The second-order valence-corrected chi connectivity index (χ2v) is 3.50. The number of hydrogen-bond acceptors (Lipinski definition) is 3. The Morgan fingerprint density at radius 2 is 2.07 bits per heavy atom. The van der Waals surface area contributed by atoms with Crippen LogP contribution in [0.3, 0.4) is 0 Å². The van der Waals surface area contributed by atoms with Crippen molar-refractivity contribution in [2.75, 3.05) is 6.54 Å². The first-order chi connectivity index (χ1) is 6.61. The molecule has 0 aliphatic heterocycles. The maximum atomic E-state index is 10.8. The number of rotatable bonds is 8. The zero-order valence-corrected chi connectivity index (χ0v) is 8.99. The molecule has 0 aromatic rings. The molecule has 0 bridgehead atoms. The summed E-state index contributed by atoms with van der Waals surface area (Å²) in [7, 11) is 0. The molecule has 4 heteroatoms. The van der Waals surface area contributed by atoms with E-state index in [0.717, 1.165) is 12.8 Å². The highest BCUT2D eigenvalue weighted by Crippen LogP contribution is 2.01. The Kier molecular flexibility index (Phi) is 7.42. The Hall–Kier alpha value is -0.610. The second-order valence-electron chi connectivity index (χ2n) is 3.50. The lowest BCUT2D eigenvalue weighted by atomic mass is 10.1. The van der Waals surface area contributed by atoms with E-state index in [-0.39, 0.29) is 0 Å². The minimum atomic E-state index is -0.832. The quantitative estimate of drug-likeness (QED) is 0.550. The van der Waals surface area contributed by atoms with Gasteiger partial charge in [-0.15, -0.1) is 0 Å². The van der Waals surface area contributed by atoms with Gasteiger partial charge in [-0.3, -0.25) is 4.79 Å². The van der Waals surface area contributed by atoms with Gasteiger partial charge < -0.3 is 15.5 Å². The van der Waals surface area contributed by atoms with E-state index >= 15 is 0 Å². The van der Waals surface area contributed by atoms with Gasteiger partial charge in [0.25, 0.3) is 0 Å². The number of nitrogens with one attached hydrogen (secondary N) is 1. The summed E-state index contributed by atoms with van der Waals surface area (Å²) >= 11 is 0. The van der Waals surface area contributed by atoms with Crippen LogP contribution >= 0.6 is 0 Å². The molecule has 2 unspecified atom stereocenters. The molecule has 3 N–H and O–H groups in total. The molecule has 14 heavy (non-hydrogen) atoms. The van der Waals surface area contributed by atoms with Crippen LogP contribution in [0.5, 0.6) is 0 Å². The summed E-state index contributed by atoms with van der Waals surface area (Å²) in [5.41, 5.74) is 0. The molecule has 0 aliphatic rings. The largest absolute Gasteiger partial charge is 0.480 e. The molecular weight excluding hydrogens is 182 g/mol. The predicted octanol–water partition coefficient (Wildman–Crippen LogP) is 0.990. The van der Waals surface area contributed by atoms with Gasteiger partial charge in [0.2, 0.25) is 0 Å². The molecule has 0 heterocycles. The molecule has 0 radical (unpaired) electrons. The van der Waals surface area contributed by atoms with E-state index in [1.54, 1.807) is 0 Å². The Balaban J connectivity index is 3.79. The molecule has 2 atom stereocenters. The third-order valence-electron chi connectivity index (χ3n) is 2.22. The van der Waals surface area contributed by atoms with Crippen LogP contribution in [0.1, 0.15) is 39.5 Å². The van der Waals surface area contributed by atoms with Crippen LogP contribution in [-0.4, -0.2) is 34.9 Å². The van der Waals surface area contributed by atoms with Gasteiger partial charge in [0.05, 0.1) is 6.10 Å². The number of carboxylic acids is 1. The highest BCUT2D eigenvalue weighted by Gasteiger charge is 2.16. The Morgan fingerprint density at radius 1 is 1.43 bits per heavy atom. The van der Waals surface area contributed by atoms with E-state index in [0.29, 0.717) is 19.4 Å². The minimum absolute atomic E-state index is 0.358. The van der Waals surface area contributed by atoms with Crippen LogP contribution in [0.2, 0.25) is 0 Å². The topological polar surface area (TPSA) is 69.6 Å². The van der Waals surface area contributed by atoms with Crippen molar-refractivity contribution in [3.05, 3.63) is 0 Å². The fraction of sp³-hybridized carbons (Fsp3) is 0.900. The molecule has 0 aromatic heterocycles. The maximum absolute atomic E-state index is 10.8. The van der Waals surface area contributed by atoms with Gasteiger partial charge in [-0.2, -0.15) is 0 Å². The fourth-order valence-corrected chi connectivity index (χ4v) is 1.14. The average Bonchev–Trinajstić information content (AvgIpc) is 2.16. The van der Waals surface area contributed by atoms with Gasteiger partial charge in [0.1, 0.15) is 6.04 Å². The van der Waals surface area contributed by atoms with Crippen molar-refractivity contribution in [2.45, 2.75) is 51.7 Å². The van der Waals surface area contributed by atoms with E-state index in [2.05, 4.69) is 5.32 Å². The minimum Gasteiger partial charge on any atom is -0.480 e. The van der Waals surface area contributed by atoms with E-state index in [9.17, 15) is 9.90 Å². The van der Waals surface area contributed by atoms with Crippen LogP contribution in [0.15, 0.2) is 0 Å². The van der Waals surface area contributed by atoms with E-state index in [4.69, 9.17) is 5.11 Å². The molecule has 0 aliphatic carbocycles. The predicted molar refractivity (Wildman–Crippen MR) is 55.2 cm³/mol. The molecule has 0 saturated heterocycles. The van der Waals surface area contributed by atoms with Crippen LogP contribution in [0.4, 0.5) is 0 Å². The number of unbranched alkanes of at least 4 members (excludes halogenated alkanes) is 1. The third kappa shape index (κ3) is 5.94. The lowest BCUT2D eigenvalue weighted by Gasteiger charge is -2.16. The van der Waals surface area contributed by atoms with Crippen molar-refractivity contribution >= 4 is 5.97 Å². The molecule has 0 fully saturated rings. The van der Waals surface area contributed by atoms with Gasteiger partial charge in [-0.25, -0.2) is 0 Å². The van der Waals surface area contributed by atoms with Gasteiger partial charge in [0, 0.05) is 6.54 Å². The number of hydrogen-bond donors (Lipinski definition) is 3. The van der Waals surface area contributed by atoms with Crippen molar-refractivity contribution in [3.8, 4) is 0 Å². The first-order valence-electron chi connectivity index (χ1n) is 5.26. The number of aliphatic carboxylic acids is 1. The lowest BCUT2D eigenvalue weighted by Crippen LogP contribution is -2.40. The molecule has 4 nitrogen and oxygen atoms in total. The Labute approximate surface area is 85.3 Å².